The molecule has 0 saturated carbocycles. The lowest BCUT2D eigenvalue weighted by Gasteiger charge is -2.33. The van der Waals surface area contributed by atoms with E-state index in [0.717, 1.165) is 38.8 Å². The van der Waals surface area contributed by atoms with E-state index in [2.05, 4.69) is 5.32 Å². The fourth-order valence-electron chi connectivity index (χ4n) is 4.33. The fourth-order valence-corrected chi connectivity index (χ4v) is 5.73. The van der Waals surface area contributed by atoms with E-state index in [0.29, 0.717) is 22.9 Å². The van der Waals surface area contributed by atoms with Gasteiger partial charge in [0.05, 0.1) is 22.9 Å². The van der Waals surface area contributed by atoms with E-state index in [4.69, 9.17) is 5.73 Å². The molecule has 5 N–H and O–H groups in total. The molecule has 1 aromatic carbocycles. The number of para-hydroxylation sites is 1. The molecule has 2 atom stereocenters. The van der Waals surface area contributed by atoms with Crippen molar-refractivity contribution in [3.8, 4) is 0 Å². The van der Waals surface area contributed by atoms with Gasteiger partial charge in [-0.15, -0.1) is 11.8 Å². The van der Waals surface area contributed by atoms with Crippen molar-refractivity contribution >= 4 is 35.3 Å². The van der Waals surface area contributed by atoms with Gasteiger partial charge in [-0.2, -0.15) is 0 Å². The van der Waals surface area contributed by atoms with Gasteiger partial charge in [-0.3, -0.25) is 19.3 Å². The highest BCUT2D eigenvalue weighted by atomic mass is 32.2. The second-order valence-corrected chi connectivity index (χ2v) is 9.49. The van der Waals surface area contributed by atoms with Crippen LogP contribution in [0.1, 0.15) is 38.5 Å². The molecule has 0 spiro atoms. The minimum absolute atomic E-state index is 0.232. The van der Waals surface area contributed by atoms with Crippen LogP contribution in [0.5, 0.6) is 0 Å². The summed E-state index contributed by atoms with van der Waals surface area (Å²) in [4.78, 5) is 36.9. The van der Waals surface area contributed by atoms with Gasteiger partial charge in [0.1, 0.15) is 6.54 Å². The summed E-state index contributed by atoms with van der Waals surface area (Å²) in [6, 6.07) is 6.91. The van der Waals surface area contributed by atoms with E-state index >= 15 is 0 Å². The number of benzene rings is 1. The van der Waals surface area contributed by atoms with Crippen LogP contribution in [0.3, 0.4) is 0 Å². The second-order valence-electron chi connectivity index (χ2n) is 8.09. The van der Waals surface area contributed by atoms with Gasteiger partial charge in [-0.1, -0.05) is 25.0 Å². The van der Waals surface area contributed by atoms with E-state index in [1.165, 1.54) is 16.7 Å². The Bertz CT molecular complexity index is 799. The monoisotopic (exact) mass is 435 g/mol. The molecule has 164 valence electrons. The maximum absolute atomic E-state index is 12.9. The quantitative estimate of drug-likeness (QED) is 0.488. The first kappa shape index (κ1) is 22.6. The number of carboxylic acids is 2. The zero-order chi connectivity index (χ0) is 21.7. The maximum Gasteiger partial charge on any atom is 0.323 e. The van der Waals surface area contributed by atoms with Crippen molar-refractivity contribution in [3.63, 3.8) is 0 Å². The third-order valence-electron chi connectivity index (χ3n) is 5.93. The number of amides is 1. The summed E-state index contributed by atoms with van der Waals surface area (Å²) in [6.45, 7) is 1.50. The summed E-state index contributed by atoms with van der Waals surface area (Å²) in [6.07, 6.45) is 4.02. The van der Waals surface area contributed by atoms with E-state index < -0.39 is 35.2 Å². The molecular weight excluding hydrogens is 406 g/mol. The van der Waals surface area contributed by atoms with Crippen molar-refractivity contribution in [2.75, 3.05) is 24.5 Å². The zero-order valence-corrected chi connectivity index (χ0v) is 17.7. The minimum atomic E-state index is -1.35. The van der Waals surface area contributed by atoms with Gasteiger partial charge in [0.25, 0.3) is 0 Å². The number of aliphatic carboxylic acids is 2. The third-order valence-corrected chi connectivity index (χ3v) is 7.30. The van der Waals surface area contributed by atoms with Gasteiger partial charge in [0, 0.05) is 4.90 Å². The minimum Gasteiger partial charge on any atom is -0.481 e. The van der Waals surface area contributed by atoms with Gasteiger partial charge < -0.3 is 21.3 Å². The lowest BCUT2D eigenvalue weighted by molar-refractivity contribution is -0.143. The second kappa shape index (κ2) is 9.80. The summed E-state index contributed by atoms with van der Waals surface area (Å²) in [5, 5.41) is 22.5. The Labute approximate surface area is 180 Å². The van der Waals surface area contributed by atoms with Gasteiger partial charge in [0.2, 0.25) is 5.91 Å². The van der Waals surface area contributed by atoms with Crippen molar-refractivity contribution in [2.45, 2.75) is 48.3 Å². The molecule has 0 bridgehead atoms. The molecular formula is C21H29N3O5S. The Hall–Kier alpha value is -2.10. The Morgan fingerprint density at radius 3 is 2.63 bits per heavy atom. The van der Waals surface area contributed by atoms with Crippen LogP contribution >= 0.6 is 11.8 Å². The number of anilines is 1. The van der Waals surface area contributed by atoms with Crippen LogP contribution in [0.25, 0.3) is 0 Å². The van der Waals surface area contributed by atoms with E-state index in [9.17, 15) is 24.6 Å². The van der Waals surface area contributed by atoms with E-state index in [1.54, 1.807) is 24.3 Å². The smallest absolute Gasteiger partial charge is 0.323 e. The predicted molar refractivity (Wildman–Crippen MR) is 114 cm³/mol. The van der Waals surface area contributed by atoms with Crippen LogP contribution in [-0.2, 0) is 14.4 Å². The first-order valence-electron chi connectivity index (χ1n) is 10.3. The standard InChI is InChI=1S/C21H29N3O5S/c22-21(15(20(28)29)5-3-4-14-8-10-23-11-9-14)12-18(25)24(13-19(26)27)16-6-1-2-7-17(16)30-21/h1-2,6-7,14-15,23H,3-5,8-13,22H2,(H,26,27)(H,28,29)/t15-,21+/m0/s1. The first-order valence-corrected chi connectivity index (χ1v) is 11.1. The van der Waals surface area contributed by atoms with Crippen LogP contribution < -0.4 is 16.0 Å². The molecule has 2 heterocycles. The van der Waals surface area contributed by atoms with Gasteiger partial charge in [0.15, 0.2) is 0 Å². The molecule has 30 heavy (non-hydrogen) atoms. The summed E-state index contributed by atoms with van der Waals surface area (Å²) < 4.78 is 0. The summed E-state index contributed by atoms with van der Waals surface area (Å²) >= 11 is 1.17. The molecule has 2 aliphatic heterocycles. The van der Waals surface area contributed by atoms with Crippen LogP contribution in [0.4, 0.5) is 5.69 Å². The number of carbonyl (C=O) groups excluding carboxylic acids is 1. The molecule has 0 radical (unpaired) electrons. The molecule has 8 nitrogen and oxygen atoms in total. The zero-order valence-electron chi connectivity index (χ0n) is 16.9. The SMILES string of the molecule is N[C@]1([C@@H](CCCC2CCNCC2)C(=O)O)CC(=O)N(CC(=O)O)c2ccccc2S1. The number of rotatable bonds is 8. The fraction of sp³-hybridized carbons (Fsp3) is 0.571. The largest absolute Gasteiger partial charge is 0.481 e. The van der Waals surface area contributed by atoms with Crippen molar-refractivity contribution < 1.29 is 24.6 Å². The van der Waals surface area contributed by atoms with Crippen molar-refractivity contribution in [3.05, 3.63) is 24.3 Å². The molecule has 0 aliphatic carbocycles. The van der Waals surface area contributed by atoms with Crippen LogP contribution in [0.15, 0.2) is 29.2 Å². The number of hydrogen-bond donors (Lipinski definition) is 4. The van der Waals surface area contributed by atoms with Crippen LogP contribution in [-0.4, -0.2) is 52.6 Å². The number of piperidine rings is 1. The molecule has 2 aliphatic rings. The highest BCUT2D eigenvalue weighted by Gasteiger charge is 2.46. The number of nitrogens with two attached hydrogens (primary N) is 1. The first-order chi connectivity index (χ1) is 14.3. The predicted octanol–water partition coefficient (Wildman–Crippen LogP) is 2.13. The average Bonchev–Trinajstić information content (AvgIpc) is 2.80. The number of carboxylic acid groups (broad SMARTS) is 2. The Kier molecular flexibility index (Phi) is 7.38. The molecule has 0 unspecified atom stereocenters. The third kappa shape index (κ3) is 5.33. The van der Waals surface area contributed by atoms with Gasteiger partial charge in [-0.05, 0) is 50.4 Å². The van der Waals surface area contributed by atoms with Crippen molar-refractivity contribution in [1.82, 2.24) is 5.32 Å². The molecule has 1 amide bonds. The molecule has 1 fully saturated rings. The molecule has 0 aromatic heterocycles. The number of thioether (sulfide) groups is 1. The number of nitrogens with one attached hydrogen (secondary N) is 1. The summed E-state index contributed by atoms with van der Waals surface area (Å²) in [7, 11) is 0. The molecule has 3 rings (SSSR count). The normalized spacial score (nSPS) is 23.5. The summed E-state index contributed by atoms with van der Waals surface area (Å²) in [5.74, 6) is -2.95. The topological polar surface area (TPSA) is 133 Å². The van der Waals surface area contributed by atoms with E-state index in [-0.39, 0.29) is 6.42 Å². The maximum atomic E-state index is 12.9. The molecule has 9 heteroatoms. The lowest BCUT2D eigenvalue weighted by Crippen LogP contribution is -2.50. The molecule has 1 aromatic rings. The Morgan fingerprint density at radius 1 is 1.27 bits per heavy atom. The number of nitrogens with zero attached hydrogens (tertiary/aromatic N) is 1. The molecule has 1 saturated heterocycles. The highest BCUT2D eigenvalue weighted by Crippen LogP contribution is 2.46. The van der Waals surface area contributed by atoms with Crippen LogP contribution in [0.2, 0.25) is 0 Å². The number of carbonyl (C=O) groups is 3. The van der Waals surface area contributed by atoms with Crippen molar-refractivity contribution in [2.24, 2.45) is 17.6 Å². The van der Waals surface area contributed by atoms with E-state index in [1.807, 2.05) is 0 Å². The number of hydrogen-bond acceptors (Lipinski definition) is 6. The van der Waals surface area contributed by atoms with Gasteiger partial charge in [-0.25, -0.2) is 0 Å². The van der Waals surface area contributed by atoms with Crippen molar-refractivity contribution in [1.29, 1.82) is 0 Å². The Morgan fingerprint density at radius 2 is 1.97 bits per heavy atom. The lowest BCUT2D eigenvalue weighted by atomic mass is 9.87. The average molecular weight is 436 g/mol. The van der Waals surface area contributed by atoms with Crippen LogP contribution in [0, 0.1) is 11.8 Å². The Balaban J connectivity index is 1.80. The summed E-state index contributed by atoms with van der Waals surface area (Å²) in [5.41, 5.74) is 7.06. The highest BCUT2D eigenvalue weighted by molar-refractivity contribution is 8.00. The van der Waals surface area contributed by atoms with Gasteiger partial charge >= 0.3 is 11.9 Å². The number of fused-ring (bicyclic) bond motifs is 1.